The second-order valence-corrected chi connectivity index (χ2v) is 2.63. The average molecular weight is 186 g/mol. The van der Waals surface area contributed by atoms with Crippen LogP contribution >= 0.6 is 0 Å². The van der Waals surface area contributed by atoms with Gasteiger partial charge in [0, 0.05) is 6.92 Å². The molecule has 0 aliphatic heterocycles. The normalized spacial score (nSPS) is 11.4. The number of nitrogens with zero attached hydrogens (tertiary/aromatic N) is 1. The van der Waals surface area contributed by atoms with E-state index in [9.17, 15) is 9.59 Å². The van der Waals surface area contributed by atoms with Crippen molar-refractivity contribution in [3.63, 3.8) is 0 Å². The maximum Gasteiger partial charge on any atom is 0.350 e. The Kier molecular flexibility index (Phi) is 5.71. The molecule has 3 N–H and O–H groups in total. The number of carbonyl (C=O) groups excluding carboxylic acids is 1. The molecule has 0 spiro atoms. The fourth-order valence-electron chi connectivity index (χ4n) is 0.837. The summed E-state index contributed by atoms with van der Waals surface area (Å²) in [6.07, 6.45) is 1.69. The van der Waals surface area contributed by atoms with E-state index >= 15 is 0 Å². The number of nitrogens with two attached hydrogens (primary N) is 1. The largest absolute Gasteiger partial charge is 0.477 e. The van der Waals surface area contributed by atoms with E-state index < -0.39 is 11.9 Å². The van der Waals surface area contributed by atoms with Crippen LogP contribution in [0.2, 0.25) is 0 Å². The third-order valence-electron chi connectivity index (χ3n) is 1.41. The molecule has 0 aromatic heterocycles. The van der Waals surface area contributed by atoms with Crippen LogP contribution in [-0.4, -0.2) is 29.2 Å². The van der Waals surface area contributed by atoms with Gasteiger partial charge >= 0.3 is 5.97 Å². The Morgan fingerprint density at radius 2 is 2.00 bits per heavy atom. The van der Waals surface area contributed by atoms with Gasteiger partial charge in [-0.3, -0.25) is 4.79 Å². The monoisotopic (exact) mass is 186 g/mol. The van der Waals surface area contributed by atoms with Crippen LogP contribution in [0.3, 0.4) is 0 Å². The Morgan fingerprint density at radius 3 is 2.38 bits per heavy atom. The summed E-state index contributed by atoms with van der Waals surface area (Å²) in [5, 5.41) is 8.61. The first-order chi connectivity index (χ1) is 6.07. The second-order valence-electron chi connectivity index (χ2n) is 2.63. The molecule has 0 atom stereocenters. The molecule has 0 bridgehead atoms. The van der Waals surface area contributed by atoms with Gasteiger partial charge in [-0.05, 0) is 25.8 Å². The van der Waals surface area contributed by atoms with Crippen LogP contribution in [0, 0.1) is 0 Å². The van der Waals surface area contributed by atoms with Crippen molar-refractivity contribution in [2.75, 3.05) is 6.54 Å². The first kappa shape index (κ1) is 11.8. The lowest BCUT2D eigenvalue weighted by Crippen LogP contribution is -2.15. The third kappa shape index (κ3) is 5.98. The molecule has 0 saturated carbocycles. The molecule has 0 fully saturated rings. The summed E-state index contributed by atoms with van der Waals surface area (Å²) in [7, 11) is 0. The molecule has 13 heavy (non-hydrogen) atoms. The number of aliphatic imine (C=N–C) groups is 1. The quantitative estimate of drug-likeness (QED) is 0.473. The molecule has 0 aliphatic rings. The van der Waals surface area contributed by atoms with Gasteiger partial charge in [-0.2, -0.15) is 0 Å². The van der Waals surface area contributed by atoms with Gasteiger partial charge in [-0.15, -0.1) is 0 Å². The fraction of sp³-hybridized carbons (Fsp3) is 0.625. The van der Waals surface area contributed by atoms with Crippen LogP contribution in [0.1, 0.15) is 26.2 Å². The van der Waals surface area contributed by atoms with Crippen LogP contribution in [0.15, 0.2) is 4.99 Å². The smallest absolute Gasteiger partial charge is 0.350 e. The van der Waals surface area contributed by atoms with Crippen molar-refractivity contribution in [2.45, 2.75) is 26.2 Å². The molecule has 0 radical (unpaired) electrons. The van der Waals surface area contributed by atoms with Gasteiger partial charge in [0.05, 0.1) is 0 Å². The first-order valence-corrected chi connectivity index (χ1v) is 4.09. The van der Waals surface area contributed by atoms with E-state index in [0.29, 0.717) is 19.4 Å². The van der Waals surface area contributed by atoms with Crippen molar-refractivity contribution < 1.29 is 14.7 Å². The molecular weight excluding hydrogens is 172 g/mol. The number of aliphatic carboxylic acids is 1. The Labute approximate surface area is 76.6 Å². The number of hydrogen-bond acceptors (Lipinski definition) is 3. The third-order valence-corrected chi connectivity index (χ3v) is 1.41. The number of unbranched alkanes of at least 4 members (excludes halogenated alkanes) is 1. The topological polar surface area (TPSA) is 92.8 Å². The highest BCUT2D eigenvalue weighted by atomic mass is 16.4. The summed E-state index contributed by atoms with van der Waals surface area (Å²) in [5.74, 6) is -1.61. The number of amides is 1. The summed E-state index contributed by atoms with van der Waals surface area (Å²) >= 11 is 0. The van der Waals surface area contributed by atoms with Crippen molar-refractivity contribution in [1.82, 2.24) is 0 Å². The predicted molar refractivity (Wildman–Crippen MR) is 48.7 cm³/mol. The van der Waals surface area contributed by atoms with E-state index in [0.717, 1.165) is 6.42 Å². The molecule has 1 amide bonds. The number of carboxylic acid groups (broad SMARTS) is 1. The Bertz CT molecular complexity index is 223. The zero-order valence-corrected chi connectivity index (χ0v) is 7.62. The van der Waals surface area contributed by atoms with Crippen LogP contribution in [0.5, 0.6) is 0 Å². The summed E-state index contributed by atoms with van der Waals surface area (Å²) < 4.78 is 0. The number of rotatable bonds is 5. The standard InChI is InChI=1S/C8H14N2O3/c1-6(11)10-7(8(12)13)4-2-3-5-9/h2-5,9H2,1H3,(H,12,13). The van der Waals surface area contributed by atoms with Crippen molar-refractivity contribution >= 4 is 17.6 Å². The SMILES string of the molecule is CC(=O)N=C(CCCCN)C(=O)O. The summed E-state index contributed by atoms with van der Waals surface area (Å²) in [5.41, 5.74) is 5.16. The van der Waals surface area contributed by atoms with Crippen LogP contribution in [-0.2, 0) is 9.59 Å². The maximum absolute atomic E-state index is 10.5. The summed E-state index contributed by atoms with van der Waals surface area (Å²) in [6, 6.07) is 0. The highest BCUT2D eigenvalue weighted by molar-refractivity contribution is 6.37. The molecule has 0 heterocycles. The highest BCUT2D eigenvalue weighted by Gasteiger charge is 2.09. The van der Waals surface area contributed by atoms with Gasteiger partial charge in [0.1, 0.15) is 5.71 Å². The molecule has 0 aromatic rings. The Hall–Kier alpha value is -1.23. The van der Waals surface area contributed by atoms with Crippen LogP contribution in [0.25, 0.3) is 0 Å². The van der Waals surface area contributed by atoms with Gasteiger partial charge in [0.2, 0.25) is 5.91 Å². The van der Waals surface area contributed by atoms with Gasteiger partial charge < -0.3 is 10.8 Å². The minimum absolute atomic E-state index is 0.0825. The van der Waals surface area contributed by atoms with E-state index in [4.69, 9.17) is 10.8 Å². The van der Waals surface area contributed by atoms with Crippen molar-refractivity contribution in [2.24, 2.45) is 10.7 Å². The molecule has 0 rings (SSSR count). The highest BCUT2D eigenvalue weighted by Crippen LogP contribution is 1.97. The van der Waals surface area contributed by atoms with Crippen molar-refractivity contribution in [3.05, 3.63) is 0 Å². The molecular formula is C8H14N2O3. The Balaban J connectivity index is 4.11. The van der Waals surface area contributed by atoms with E-state index in [1.807, 2.05) is 0 Å². The minimum Gasteiger partial charge on any atom is -0.477 e. The predicted octanol–water partition coefficient (Wildman–Crippen LogP) is 0.188. The van der Waals surface area contributed by atoms with E-state index in [1.165, 1.54) is 6.92 Å². The number of hydrogen-bond donors (Lipinski definition) is 2. The summed E-state index contributed by atoms with van der Waals surface area (Å²) in [4.78, 5) is 24.4. The van der Waals surface area contributed by atoms with Crippen molar-refractivity contribution in [1.29, 1.82) is 0 Å². The van der Waals surface area contributed by atoms with Crippen LogP contribution < -0.4 is 5.73 Å². The maximum atomic E-state index is 10.5. The lowest BCUT2D eigenvalue weighted by Gasteiger charge is -1.98. The van der Waals surface area contributed by atoms with E-state index in [2.05, 4.69) is 4.99 Å². The minimum atomic E-state index is -1.13. The average Bonchev–Trinajstić information content (AvgIpc) is 2.02. The lowest BCUT2D eigenvalue weighted by molar-refractivity contribution is -0.130. The van der Waals surface area contributed by atoms with Crippen molar-refractivity contribution in [3.8, 4) is 0 Å². The van der Waals surface area contributed by atoms with Gasteiger partial charge in [0.25, 0.3) is 0 Å². The van der Waals surface area contributed by atoms with Gasteiger partial charge in [-0.25, -0.2) is 9.79 Å². The lowest BCUT2D eigenvalue weighted by atomic mass is 10.1. The zero-order chi connectivity index (χ0) is 10.3. The Morgan fingerprint density at radius 1 is 1.38 bits per heavy atom. The molecule has 0 aliphatic carbocycles. The zero-order valence-electron chi connectivity index (χ0n) is 7.62. The number of carbonyl (C=O) groups is 2. The molecule has 0 saturated heterocycles. The van der Waals surface area contributed by atoms with Gasteiger partial charge in [0.15, 0.2) is 0 Å². The summed E-state index contributed by atoms with van der Waals surface area (Å²) in [6.45, 7) is 1.75. The fourth-order valence-corrected chi connectivity index (χ4v) is 0.837. The van der Waals surface area contributed by atoms with E-state index in [1.54, 1.807) is 0 Å². The first-order valence-electron chi connectivity index (χ1n) is 4.09. The molecule has 0 unspecified atom stereocenters. The van der Waals surface area contributed by atoms with Gasteiger partial charge in [-0.1, -0.05) is 0 Å². The molecule has 5 nitrogen and oxygen atoms in total. The molecule has 5 heteroatoms. The van der Waals surface area contributed by atoms with E-state index in [-0.39, 0.29) is 5.71 Å². The second kappa shape index (κ2) is 6.30. The van der Waals surface area contributed by atoms with Crippen LogP contribution in [0.4, 0.5) is 0 Å². The molecule has 74 valence electrons. The number of carboxylic acids is 1. The molecule has 0 aromatic carbocycles.